The molecule has 78 heavy (non-hydrogen) atoms. The Morgan fingerprint density at radius 2 is 1.53 bits per heavy atom. The molecule has 12 aliphatic carbocycles. The van der Waals surface area contributed by atoms with Crippen molar-refractivity contribution in [2.45, 2.75) is 280 Å². The van der Waals surface area contributed by atoms with Crippen molar-refractivity contribution < 1.29 is 4.74 Å². The van der Waals surface area contributed by atoms with Gasteiger partial charge in [-0.05, 0) is 238 Å². The van der Waals surface area contributed by atoms with Crippen LogP contribution in [0.2, 0.25) is 0 Å². The van der Waals surface area contributed by atoms with Crippen molar-refractivity contribution in [3.8, 4) is 0 Å². The first-order chi connectivity index (χ1) is 38.6. The standard InChI is InChI=1S/C75H108N2O/c1-3-5-6-9-18-54-27-31-55(32-28-54)56-33-40-62(41-34-56)76(63-42-35-57(36-43-63)58-37-50-74-70(51-58)69-24-15-17-26-73(69)77(74)61-21-12-8-13-22-61)64-44-49-68-67-23-14-16-25-71(67)75(72(68)52-64,59-19-10-7-11-20-59)60-38-47-66(48-39-60)78-65-45-29-53(4-2)30-46-65/h4,10,19-20,26-27,29-30,33,40,44-45,49,51,55-57,60-72,74H,2-3,5-9,11-18,21-25,28,31-32,34-39,41-43,46-48,50,52H2,1H3/t55?,56?,57?,60?,62?,63?,64?,65?,66?,67?,68?,69?,70?,71?,72?,74?,75-/m0/s1. The third-order valence-electron chi connectivity index (χ3n) is 25.0. The van der Waals surface area contributed by atoms with Crippen LogP contribution >= 0.6 is 0 Å². The van der Waals surface area contributed by atoms with Crippen LogP contribution in [0.5, 0.6) is 0 Å². The molecule has 3 nitrogen and oxygen atoms in total. The van der Waals surface area contributed by atoms with Gasteiger partial charge in [0, 0.05) is 53.2 Å². The lowest BCUT2D eigenvalue weighted by atomic mass is 9.52. The predicted molar refractivity (Wildman–Crippen MR) is 328 cm³/mol. The van der Waals surface area contributed by atoms with Crippen LogP contribution in [-0.4, -0.2) is 52.2 Å². The number of unbranched alkanes of at least 4 members (excludes halogenated alkanes) is 3. The number of hydrogen-bond acceptors (Lipinski definition) is 3. The summed E-state index contributed by atoms with van der Waals surface area (Å²) >= 11 is 0. The molecule has 0 bridgehead atoms. The number of nitrogens with zero attached hydrogens (tertiary/aromatic N) is 2. The minimum Gasteiger partial charge on any atom is -0.371 e. The highest BCUT2D eigenvalue weighted by molar-refractivity contribution is 5.39. The summed E-state index contributed by atoms with van der Waals surface area (Å²) in [5.74, 6) is 7.90. The van der Waals surface area contributed by atoms with E-state index in [1.807, 2.05) is 17.3 Å². The first-order valence-electron chi connectivity index (χ1n) is 34.6. The zero-order valence-corrected chi connectivity index (χ0v) is 49.4. The van der Waals surface area contributed by atoms with Crippen LogP contribution in [0.15, 0.2) is 120 Å². The molecule has 5 saturated carbocycles. The molecule has 0 aromatic carbocycles. The van der Waals surface area contributed by atoms with Crippen molar-refractivity contribution in [1.29, 1.82) is 0 Å². The fourth-order valence-corrected chi connectivity index (χ4v) is 21.5. The van der Waals surface area contributed by atoms with Crippen LogP contribution in [0.25, 0.3) is 0 Å². The Hall–Kier alpha value is -2.88. The molecule has 12 unspecified atom stereocenters. The molecule has 13 atom stereocenters. The lowest BCUT2D eigenvalue weighted by molar-refractivity contribution is -0.0456. The number of rotatable bonds is 16. The minimum absolute atomic E-state index is 0.219. The minimum atomic E-state index is 0.219. The molecule has 1 saturated heterocycles. The van der Waals surface area contributed by atoms with Gasteiger partial charge in [-0.2, -0.15) is 0 Å². The first-order valence-corrected chi connectivity index (χ1v) is 34.6. The quantitative estimate of drug-likeness (QED) is 0.113. The number of ether oxygens (including phenoxy) is 1. The third kappa shape index (κ3) is 10.9. The van der Waals surface area contributed by atoms with E-state index in [4.69, 9.17) is 4.74 Å². The summed E-state index contributed by atoms with van der Waals surface area (Å²) in [4.78, 5) is 6.36. The Morgan fingerprint density at radius 1 is 0.667 bits per heavy atom. The summed E-state index contributed by atoms with van der Waals surface area (Å²) in [7, 11) is 0. The van der Waals surface area contributed by atoms with Gasteiger partial charge in [0.05, 0.1) is 12.2 Å². The Labute approximate surface area is 476 Å². The van der Waals surface area contributed by atoms with Crippen molar-refractivity contribution in [3.05, 3.63) is 120 Å². The van der Waals surface area contributed by atoms with E-state index in [0.717, 1.165) is 77.7 Å². The van der Waals surface area contributed by atoms with Gasteiger partial charge in [-0.1, -0.05) is 161 Å². The second kappa shape index (κ2) is 24.9. The molecular weight excluding hydrogens is 945 g/mol. The molecule has 0 aromatic rings. The van der Waals surface area contributed by atoms with Gasteiger partial charge >= 0.3 is 0 Å². The van der Waals surface area contributed by atoms with Crippen LogP contribution in [-0.2, 0) is 4.74 Å². The van der Waals surface area contributed by atoms with Gasteiger partial charge in [0.1, 0.15) is 0 Å². The van der Waals surface area contributed by atoms with E-state index in [2.05, 4.69) is 102 Å². The van der Waals surface area contributed by atoms with Crippen molar-refractivity contribution in [2.24, 2.45) is 64.6 Å². The summed E-state index contributed by atoms with van der Waals surface area (Å²) in [6.07, 6.45) is 86.9. The third-order valence-corrected chi connectivity index (χ3v) is 25.0. The Balaban J connectivity index is 0.764. The molecule has 13 rings (SSSR count). The fourth-order valence-electron chi connectivity index (χ4n) is 21.5. The highest BCUT2D eigenvalue weighted by Crippen LogP contribution is 2.70. The van der Waals surface area contributed by atoms with Crippen LogP contribution in [0.4, 0.5) is 0 Å². The van der Waals surface area contributed by atoms with Crippen molar-refractivity contribution in [3.63, 3.8) is 0 Å². The maximum Gasteiger partial charge on any atom is 0.0797 e. The number of hydrogen-bond donors (Lipinski definition) is 0. The summed E-state index contributed by atoms with van der Waals surface area (Å²) in [6.45, 7) is 6.38. The molecule has 0 N–H and O–H groups in total. The van der Waals surface area contributed by atoms with Gasteiger partial charge in [0.25, 0.3) is 0 Å². The molecule has 1 aliphatic heterocycles. The van der Waals surface area contributed by atoms with Crippen molar-refractivity contribution in [1.82, 2.24) is 9.80 Å². The van der Waals surface area contributed by atoms with E-state index in [9.17, 15) is 0 Å². The summed E-state index contributed by atoms with van der Waals surface area (Å²) in [5, 5.41) is 0. The molecule has 0 radical (unpaired) electrons. The van der Waals surface area contributed by atoms with Gasteiger partial charge in [-0.15, -0.1) is 0 Å². The Morgan fingerprint density at radius 3 is 2.29 bits per heavy atom. The van der Waals surface area contributed by atoms with E-state index in [1.54, 1.807) is 11.1 Å². The predicted octanol–water partition coefficient (Wildman–Crippen LogP) is 19.6. The first kappa shape index (κ1) is 54.4. The van der Waals surface area contributed by atoms with E-state index >= 15 is 0 Å². The number of fused-ring (bicyclic) bond motifs is 6. The number of allylic oxidation sites excluding steroid dienone is 14. The SMILES string of the molecule is C=CC1=CCC(OC2CCC([C@]3(C4=CCCC=C4)C4CC(N(C5C=CC(C6CC=C(CCCCCC)CC6)CC5)C5CCC(C6=CC7C8CCCC=C8N(C8CCCCC8)C7CC6)CC5)C=CC4C4CCCCC43)CC2)C=C1. The van der Waals surface area contributed by atoms with Gasteiger partial charge < -0.3 is 9.64 Å². The van der Waals surface area contributed by atoms with Crippen LogP contribution in [0.3, 0.4) is 0 Å². The molecule has 0 aromatic heterocycles. The average molecular weight is 1050 g/mol. The molecule has 13 aliphatic rings. The molecule has 0 spiro atoms. The maximum atomic E-state index is 6.97. The summed E-state index contributed by atoms with van der Waals surface area (Å²) in [5.41, 5.74) is 8.84. The molecule has 424 valence electrons. The monoisotopic (exact) mass is 1050 g/mol. The highest BCUT2D eigenvalue weighted by Gasteiger charge is 2.64. The second-order valence-electron chi connectivity index (χ2n) is 28.8. The Bertz CT molecular complexity index is 2350. The van der Waals surface area contributed by atoms with Gasteiger partial charge in [-0.3, -0.25) is 4.90 Å². The van der Waals surface area contributed by atoms with E-state index in [1.165, 1.54) is 230 Å². The van der Waals surface area contributed by atoms with E-state index in [0.29, 0.717) is 29.6 Å². The molecule has 1 heterocycles. The zero-order valence-electron chi connectivity index (χ0n) is 49.4. The van der Waals surface area contributed by atoms with Gasteiger partial charge in [0.2, 0.25) is 0 Å². The topological polar surface area (TPSA) is 15.7 Å². The summed E-state index contributed by atoms with van der Waals surface area (Å²) < 4.78 is 6.97. The smallest absolute Gasteiger partial charge is 0.0797 e. The Kier molecular flexibility index (Phi) is 17.4. The van der Waals surface area contributed by atoms with Gasteiger partial charge in [0.15, 0.2) is 0 Å². The van der Waals surface area contributed by atoms with E-state index in [-0.39, 0.29) is 6.10 Å². The van der Waals surface area contributed by atoms with Gasteiger partial charge in [-0.25, -0.2) is 0 Å². The average Bonchev–Trinajstić information content (AvgIpc) is 4.11. The fraction of sp³-hybridized carbons (Fsp3) is 0.733. The largest absolute Gasteiger partial charge is 0.371 e. The normalized spacial score (nSPS) is 41.7. The zero-order chi connectivity index (χ0) is 52.4. The van der Waals surface area contributed by atoms with Crippen LogP contribution < -0.4 is 0 Å². The molecule has 6 fully saturated rings. The molecular formula is C75H108N2O. The van der Waals surface area contributed by atoms with Crippen molar-refractivity contribution in [2.75, 3.05) is 0 Å². The maximum absolute atomic E-state index is 6.97. The van der Waals surface area contributed by atoms with Crippen LogP contribution in [0, 0.1) is 64.6 Å². The summed E-state index contributed by atoms with van der Waals surface area (Å²) in [6, 6.07) is 3.40. The van der Waals surface area contributed by atoms with E-state index < -0.39 is 0 Å². The second-order valence-corrected chi connectivity index (χ2v) is 28.8. The van der Waals surface area contributed by atoms with Crippen molar-refractivity contribution >= 4 is 0 Å². The lowest BCUT2D eigenvalue weighted by Crippen LogP contribution is -2.53. The molecule has 3 heteroatoms. The highest BCUT2D eigenvalue weighted by atomic mass is 16.5. The lowest BCUT2D eigenvalue weighted by Gasteiger charge is -2.54. The number of likely N-dealkylation sites (tertiary alicyclic amines) is 1. The molecule has 0 amide bonds. The van der Waals surface area contributed by atoms with Crippen LogP contribution in [0.1, 0.15) is 238 Å².